The van der Waals surface area contributed by atoms with Crippen LogP contribution in [-0.2, 0) is 6.18 Å². The van der Waals surface area contributed by atoms with Gasteiger partial charge in [0.15, 0.2) is 6.29 Å². The van der Waals surface area contributed by atoms with Crippen LogP contribution in [0.25, 0.3) is 0 Å². The number of aliphatic hydroxyl groups is 1. The average Bonchev–Trinajstić information content (AvgIpc) is 2.52. The number of nitrogens with one attached hydrogen (secondary N) is 1. The zero-order valence-electron chi connectivity index (χ0n) is 11.9. The number of rotatable bonds is 6. The highest BCUT2D eigenvalue weighted by Crippen LogP contribution is 2.27. The van der Waals surface area contributed by atoms with Crippen molar-refractivity contribution in [3.63, 3.8) is 0 Å². The molecule has 1 heterocycles. The maximum atomic E-state index is 12.5. The highest BCUT2D eigenvalue weighted by molar-refractivity contribution is 5.81. The van der Waals surface area contributed by atoms with Gasteiger partial charge in [-0.2, -0.15) is 13.2 Å². The van der Waals surface area contributed by atoms with Crippen molar-refractivity contribution >= 4 is 12.1 Å². The molecule has 0 atom stereocenters. The highest BCUT2D eigenvalue weighted by Gasteiger charge is 2.35. The van der Waals surface area contributed by atoms with Gasteiger partial charge in [0.05, 0.1) is 5.56 Å². The number of halogens is 3. The number of nitrogens with zero attached hydrogens (tertiary/aromatic N) is 2. The molecule has 120 valence electrons. The number of anilines is 1. The van der Waals surface area contributed by atoms with Crippen LogP contribution in [0.3, 0.4) is 0 Å². The Balaban J connectivity index is 0.00000211. The third-order valence-electron chi connectivity index (χ3n) is 2.25. The molecule has 0 unspecified atom stereocenters. The van der Waals surface area contributed by atoms with Crippen LogP contribution in [-0.4, -0.2) is 35.0 Å². The van der Waals surface area contributed by atoms with E-state index in [9.17, 15) is 18.0 Å². The molecular formula is C14H16F3N3O2. The monoisotopic (exact) mass is 315 g/mol. The van der Waals surface area contributed by atoms with Gasteiger partial charge in [0, 0.05) is 19.9 Å². The summed E-state index contributed by atoms with van der Waals surface area (Å²) < 4.78 is 37.5. The smallest absolute Gasteiger partial charge is 0.400 e. The van der Waals surface area contributed by atoms with E-state index in [1.165, 1.54) is 12.2 Å². The van der Waals surface area contributed by atoms with E-state index in [2.05, 4.69) is 28.4 Å². The topological polar surface area (TPSA) is 75.1 Å². The van der Waals surface area contributed by atoms with Crippen molar-refractivity contribution < 1.29 is 23.1 Å². The summed E-state index contributed by atoms with van der Waals surface area (Å²) in [5, 5.41) is 9.64. The van der Waals surface area contributed by atoms with E-state index in [1.807, 2.05) is 0 Å². The predicted octanol–water partition coefficient (Wildman–Crippen LogP) is 2.63. The molecule has 0 radical (unpaired) electrons. The summed E-state index contributed by atoms with van der Waals surface area (Å²) in [5.74, 6) is -1.49. The zero-order valence-corrected chi connectivity index (χ0v) is 11.9. The lowest BCUT2D eigenvalue weighted by Crippen LogP contribution is -2.15. The van der Waals surface area contributed by atoms with Crippen molar-refractivity contribution in [2.75, 3.05) is 19.0 Å². The van der Waals surface area contributed by atoms with Crippen LogP contribution in [0, 0.1) is 0 Å². The molecule has 0 aliphatic carbocycles. The van der Waals surface area contributed by atoms with E-state index >= 15 is 0 Å². The van der Waals surface area contributed by atoms with E-state index in [0.29, 0.717) is 11.9 Å². The minimum Gasteiger partial charge on any atom is -0.400 e. The quantitative estimate of drug-likeness (QED) is 0.623. The third kappa shape index (κ3) is 5.88. The summed E-state index contributed by atoms with van der Waals surface area (Å²) >= 11 is 0. The van der Waals surface area contributed by atoms with Crippen LogP contribution in [0.5, 0.6) is 0 Å². The van der Waals surface area contributed by atoms with Crippen molar-refractivity contribution in [2.45, 2.75) is 6.18 Å². The van der Waals surface area contributed by atoms with E-state index < -0.39 is 12.0 Å². The fraction of sp³-hybridized carbons (Fsp3) is 0.214. The number of allylic oxidation sites excluding steroid dienone is 2. The van der Waals surface area contributed by atoms with E-state index in [4.69, 9.17) is 5.11 Å². The second kappa shape index (κ2) is 9.46. The normalized spacial score (nSPS) is 11.0. The highest BCUT2D eigenvalue weighted by atomic mass is 19.4. The molecule has 0 amide bonds. The molecule has 0 aromatic carbocycles. The lowest BCUT2D eigenvalue weighted by atomic mass is 10.2. The number of carbonyl (C=O) groups is 1. The molecule has 0 bridgehead atoms. The van der Waals surface area contributed by atoms with Crippen LogP contribution < -0.4 is 5.32 Å². The van der Waals surface area contributed by atoms with Crippen LogP contribution in [0.1, 0.15) is 16.2 Å². The zero-order chi connectivity index (χ0) is 17.2. The number of carbonyl (C=O) groups excluding carboxylic acids is 1. The average molecular weight is 315 g/mol. The van der Waals surface area contributed by atoms with Gasteiger partial charge in [-0.25, -0.2) is 9.97 Å². The second-order valence-electron chi connectivity index (χ2n) is 3.65. The van der Waals surface area contributed by atoms with Crippen LogP contribution in [0.2, 0.25) is 0 Å². The minimum absolute atomic E-state index is 0.0555. The SMILES string of the molecule is C=C/C=C(\C=C)CNc1nc(C(F)(F)F)ncc1C=O.CO. The fourth-order valence-electron chi connectivity index (χ4n) is 1.29. The Kier molecular flexibility index (Phi) is 8.39. The molecule has 0 saturated heterocycles. The summed E-state index contributed by atoms with van der Waals surface area (Å²) in [7, 11) is 1.00. The van der Waals surface area contributed by atoms with Gasteiger partial charge >= 0.3 is 6.18 Å². The molecule has 1 aromatic rings. The maximum absolute atomic E-state index is 12.5. The van der Waals surface area contributed by atoms with E-state index in [1.54, 1.807) is 6.08 Å². The molecule has 0 aliphatic heterocycles. The number of alkyl halides is 3. The van der Waals surface area contributed by atoms with Crippen molar-refractivity contribution in [3.8, 4) is 0 Å². The van der Waals surface area contributed by atoms with Crippen LogP contribution in [0.15, 0.2) is 43.2 Å². The Hall–Kier alpha value is -2.48. The predicted molar refractivity (Wildman–Crippen MR) is 77.5 cm³/mol. The van der Waals surface area contributed by atoms with Crippen LogP contribution >= 0.6 is 0 Å². The molecular weight excluding hydrogens is 299 g/mol. The molecule has 0 fully saturated rings. The lowest BCUT2D eigenvalue weighted by molar-refractivity contribution is -0.144. The first-order chi connectivity index (χ1) is 10.4. The van der Waals surface area contributed by atoms with Gasteiger partial charge in [-0.15, -0.1) is 0 Å². The summed E-state index contributed by atoms with van der Waals surface area (Å²) in [6.07, 6.45) is 1.20. The molecule has 1 rings (SSSR count). The molecule has 2 N–H and O–H groups in total. The van der Waals surface area contributed by atoms with Crippen molar-refractivity contribution in [2.24, 2.45) is 0 Å². The van der Waals surface area contributed by atoms with Gasteiger partial charge in [-0.1, -0.05) is 31.4 Å². The standard InChI is InChI=1S/C13H12F3N3O.CH4O/c1-3-5-9(4-2)6-17-11-10(8-20)7-18-12(19-11)13(14,15)16;1-2/h3-5,7-8H,1-2,6H2,(H,17,18,19);2H,1H3/b9-5+;. The number of aldehydes is 1. The van der Waals surface area contributed by atoms with Gasteiger partial charge in [-0.05, 0) is 5.57 Å². The first kappa shape index (κ1) is 19.5. The molecule has 0 aliphatic rings. The Bertz CT molecular complexity index is 555. The van der Waals surface area contributed by atoms with Gasteiger partial charge in [0.2, 0.25) is 5.82 Å². The molecule has 22 heavy (non-hydrogen) atoms. The first-order valence-corrected chi connectivity index (χ1v) is 5.94. The third-order valence-corrected chi connectivity index (χ3v) is 2.25. The minimum atomic E-state index is -4.67. The van der Waals surface area contributed by atoms with Crippen molar-refractivity contribution in [3.05, 3.63) is 54.5 Å². The fourth-order valence-corrected chi connectivity index (χ4v) is 1.29. The van der Waals surface area contributed by atoms with Gasteiger partial charge < -0.3 is 10.4 Å². The summed E-state index contributed by atoms with van der Waals surface area (Å²) in [4.78, 5) is 17.2. The summed E-state index contributed by atoms with van der Waals surface area (Å²) in [6, 6.07) is 0. The molecule has 1 aromatic heterocycles. The molecule has 0 spiro atoms. The van der Waals surface area contributed by atoms with Crippen molar-refractivity contribution in [1.29, 1.82) is 0 Å². The Labute approximate surface area is 125 Å². The Morgan fingerprint density at radius 3 is 2.50 bits per heavy atom. The molecule has 8 heteroatoms. The Morgan fingerprint density at radius 1 is 1.41 bits per heavy atom. The molecule has 0 saturated carbocycles. The van der Waals surface area contributed by atoms with Gasteiger partial charge in [0.25, 0.3) is 0 Å². The van der Waals surface area contributed by atoms with Crippen molar-refractivity contribution in [1.82, 2.24) is 9.97 Å². The summed E-state index contributed by atoms with van der Waals surface area (Å²) in [6.45, 7) is 7.21. The Morgan fingerprint density at radius 2 is 2.05 bits per heavy atom. The number of hydrogen-bond acceptors (Lipinski definition) is 5. The number of hydrogen-bond donors (Lipinski definition) is 2. The number of aliphatic hydroxyl groups excluding tert-OH is 1. The largest absolute Gasteiger partial charge is 0.451 e. The van der Waals surface area contributed by atoms with E-state index in [-0.39, 0.29) is 17.9 Å². The molecule has 5 nitrogen and oxygen atoms in total. The second-order valence-corrected chi connectivity index (χ2v) is 3.65. The summed E-state index contributed by atoms with van der Waals surface area (Å²) in [5.41, 5.74) is 0.629. The number of aromatic nitrogens is 2. The van der Waals surface area contributed by atoms with Crippen LogP contribution in [0.4, 0.5) is 19.0 Å². The van der Waals surface area contributed by atoms with E-state index in [0.717, 1.165) is 13.3 Å². The first-order valence-electron chi connectivity index (χ1n) is 5.94. The maximum Gasteiger partial charge on any atom is 0.451 e. The van der Waals surface area contributed by atoms with Gasteiger partial charge in [-0.3, -0.25) is 4.79 Å². The lowest BCUT2D eigenvalue weighted by Gasteiger charge is -2.11. The van der Waals surface area contributed by atoms with Gasteiger partial charge in [0.1, 0.15) is 5.82 Å².